The van der Waals surface area contributed by atoms with Crippen molar-refractivity contribution in [1.82, 2.24) is 10.2 Å². The van der Waals surface area contributed by atoms with E-state index in [0.29, 0.717) is 24.2 Å². The summed E-state index contributed by atoms with van der Waals surface area (Å²) in [5.41, 5.74) is 3.22. The van der Waals surface area contributed by atoms with Gasteiger partial charge in [0.25, 0.3) is 5.91 Å². The molecule has 0 aromatic heterocycles. The summed E-state index contributed by atoms with van der Waals surface area (Å²) in [5, 5.41) is 15.6. The number of aryl methyl sites for hydroxylation is 2. The summed E-state index contributed by atoms with van der Waals surface area (Å²) in [4.78, 5) is 43.0. The summed E-state index contributed by atoms with van der Waals surface area (Å²) < 4.78 is 5.49. The molecule has 0 saturated carbocycles. The number of nitrogens with one attached hydrogen (secondary N) is 2. The molecule has 3 rings (SSSR count). The molecule has 0 fully saturated rings. The maximum absolute atomic E-state index is 14.5. The maximum Gasteiger partial charge on any atom is 0.408 e. The molecule has 0 aliphatic heterocycles. The van der Waals surface area contributed by atoms with E-state index in [9.17, 15) is 19.5 Å². The Bertz CT molecular complexity index is 1350. The average molecular weight is 574 g/mol. The van der Waals surface area contributed by atoms with Crippen molar-refractivity contribution in [1.29, 1.82) is 0 Å². The quantitative estimate of drug-likeness (QED) is 0.244. The SMILES string of the molecule is CCCCN(C(=O)C(Cc1ccc(O)cc1)NC(=O)OC(C)(C)C)C(C(=O)Nc1ccccc1C)c1ccc(C)cc1. The van der Waals surface area contributed by atoms with Crippen molar-refractivity contribution in [3.8, 4) is 5.75 Å². The van der Waals surface area contributed by atoms with Gasteiger partial charge < -0.3 is 25.4 Å². The summed E-state index contributed by atoms with van der Waals surface area (Å²) in [6.07, 6.45) is 0.864. The number of hydrogen-bond acceptors (Lipinski definition) is 5. The van der Waals surface area contributed by atoms with Crippen molar-refractivity contribution in [2.24, 2.45) is 0 Å². The highest BCUT2D eigenvalue weighted by atomic mass is 16.6. The number of carbonyl (C=O) groups excluding carboxylic acids is 3. The summed E-state index contributed by atoms with van der Waals surface area (Å²) in [6.45, 7) is 11.4. The number of ether oxygens (including phenoxy) is 1. The Morgan fingerprint density at radius 1 is 0.929 bits per heavy atom. The molecule has 0 saturated heterocycles. The number of hydrogen-bond donors (Lipinski definition) is 3. The van der Waals surface area contributed by atoms with Crippen LogP contribution in [0.2, 0.25) is 0 Å². The number of alkyl carbamates (subject to hydrolysis) is 1. The number of para-hydroxylation sites is 1. The Morgan fingerprint density at radius 2 is 1.57 bits per heavy atom. The van der Waals surface area contributed by atoms with Gasteiger partial charge in [0, 0.05) is 18.7 Å². The second-order valence-corrected chi connectivity index (χ2v) is 11.6. The molecule has 8 nitrogen and oxygen atoms in total. The zero-order valence-corrected chi connectivity index (χ0v) is 25.4. The third-order valence-corrected chi connectivity index (χ3v) is 6.76. The first-order chi connectivity index (χ1) is 19.9. The fraction of sp³-hybridized carbons (Fsp3) is 0.382. The summed E-state index contributed by atoms with van der Waals surface area (Å²) >= 11 is 0. The van der Waals surface area contributed by atoms with E-state index in [0.717, 1.165) is 23.1 Å². The number of unbranched alkanes of at least 4 members (excludes halogenated alkanes) is 1. The zero-order chi connectivity index (χ0) is 30.9. The predicted molar refractivity (Wildman–Crippen MR) is 165 cm³/mol. The van der Waals surface area contributed by atoms with Gasteiger partial charge in [-0.3, -0.25) is 9.59 Å². The molecule has 2 unspecified atom stereocenters. The minimum atomic E-state index is -1.03. The first kappa shape index (κ1) is 32.2. The Labute approximate surface area is 249 Å². The van der Waals surface area contributed by atoms with Gasteiger partial charge in [-0.25, -0.2) is 4.79 Å². The number of rotatable bonds is 11. The van der Waals surface area contributed by atoms with Crippen LogP contribution >= 0.6 is 0 Å². The van der Waals surface area contributed by atoms with Crippen molar-refractivity contribution >= 4 is 23.6 Å². The Hall–Kier alpha value is -4.33. The first-order valence-corrected chi connectivity index (χ1v) is 14.4. The standard InChI is InChI=1S/C34H43N3O5/c1-7-8-21-37(30(26-17-13-23(2)14-18-26)31(39)35-28-12-10-9-11-24(28)3)32(40)29(36-33(41)42-34(4,5)6)22-25-15-19-27(38)20-16-25/h9-20,29-30,38H,7-8,21-22H2,1-6H3,(H,35,39)(H,36,41). The minimum Gasteiger partial charge on any atom is -0.508 e. The molecule has 3 aromatic carbocycles. The molecule has 3 N–H and O–H groups in total. The molecule has 224 valence electrons. The average Bonchev–Trinajstić information content (AvgIpc) is 2.92. The van der Waals surface area contributed by atoms with Crippen molar-refractivity contribution in [2.75, 3.05) is 11.9 Å². The molecule has 0 aliphatic rings. The topological polar surface area (TPSA) is 108 Å². The van der Waals surface area contributed by atoms with Crippen LogP contribution in [0.4, 0.5) is 10.5 Å². The van der Waals surface area contributed by atoms with Gasteiger partial charge in [-0.1, -0.05) is 73.5 Å². The molecule has 2 atom stereocenters. The highest BCUT2D eigenvalue weighted by Crippen LogP contribution is 2.27. The van der Waals surface area contributed by atoms with Gasteiger partial charge in [0.15, 0.2) is 0 Å². The number of aromatic hydroxyl groups is 1. The first-order valence-electron chi connectivity index (χ1n) is 14.4. The normalized spacial score (nSPS) is 12.6. The molecule has 0 bridgehead atoms. The van der Waals surface area contributed by atoms with Crippen LogP contribution in [0.25, 0.3) is 0 Å². The summed E-state index contributed by atoms with van der Waals surface area (Å²) in [5.74, 6) is -0.662. The highest BCUT2D eigenvalue weighted by Gasteiger charge is 2.36. The van der Waals surface area contributed by atoms with E-state index < -0.39 is 29.7 Å². The largest absolute Gasteiger partial charge is 0.508 e. The lowest BCUT2D eigenvalue weighted by Gasteiger charge is -2.35. The van der Waals surface area contributed by atoms with E-state index in [1.54, 1.807) is 37.8 Å². The Morgan fingerprint density at radius 3 is 2.17 bits per heavy atom. The molecular weight excluding hydrogens is 530 g/mol. The van der Waals surface area contributed by atoms with Crippen LogP contribution in [-0.4, -0.2) is 46.1 Å². The molecule has 3 amide bonds. The lowest BCUT2D eigenvalue weighted by atomic mass is 9.99. The molecule has 0 aliphatic carbocycles. The van der Waals surface area contributed by atoms with E-state index in [2.05, 4.69) is 10.6 Å². The lowest BCUT2D eigenvalue weighted by molar-refractivity contribution is -0.140. The van der Waals surface area contributed by atoms with Crippen molar-refractivity contribution in [3.63, 3.8) is 0 Å². The molecule has 8 heteroatoms. The van der Waals surface area contributed by atoms with E-state index in [4.69, 9.17) is 4.74 Å². The number of carbonyl (C=O) groups is 3. The van der Waals surface area contributed by atoms with E-state index in [1.165, 1.54) is 12.1 Å². The molecule has 0 radical (unpaired) electrons. The van der Waals surface area contributed by atoms with Gasteiger partial charge >= 0.3 is 6.09 Å². The molecule has 42 heavy (non-hydrogen) atoms. The number of phenols is 1. The van der Waals surface area contributed by atoms with Gasteiger partial charge in [-0.2, -0.15) is 0 Å². The van der Waals surface area contributed by atoms with Gasteiger partial charge in [-0.05, 0) is 75.9 Å². The Kier molecular flexibility index (Phi) is 11.1. The monoisotopic (exact) mass is 573 g/mol. The fourth-order valence-electron chi connectivity index (χ4n) is 4.55. The van der Waals surface area contributed by atoms with Crippen LogP contribution in [0, 0.1) is 13.8 Å². The number of nitrogens with zero attached hydrogens (tertiary/aromatic N) is 1. The molecular formula is C34H43N3O5. The second kappa shape index (κ2) is 14.5. The third-order valence-electron chi connectivity index (χ3n) is 6.76. The van der Waals surface area contributed by atoms with Crippen molar-refractivity contribution in [3.05, 3.63) is 95.1 Å². The van der Waals surface area contributed by atoms with Crippen LogP contribution in [0.3, 0.4) is 0 Å². The summed E-state index contributed by atoms with van der Waals surface area (Å²) in [7, 11) is 0. The van der Waals surface area contributed by atoms with Gasteiger partial charge in [0.05, 0.1) is 0 Å². The number of phenolic OH excluding ortho intramolecular Hbond substituents is 1. The van der Waals surface area contributed by atoms with Crippen LogP contribution in [0.5, 0.6) is 5.75 Å². The lowest BCUT2D eigenvalue weighted by Crippen LogP contribution is -2.53. The predicted octanol–water partition coefficient (Wildman–Crippen LogP) is 6.45. The van der Waals surface area contributed by atoms with Gasteiger partial charge in [0.2, 0.25) is 5.91 Å². The van der Waals surface area contributed by atoms with E-state index in [1.807, 2.05) is 69.3 Å². The fourth-order valence-corrected chi connectivity index (χ4v) is 4.55. The minimum absolute atomic E-state index is 0.0959. The molecule has 0 heterocycles. The summed E-state index contributed by atoms with van der Waals surface area (Å²) in [6, 6.07) is 19.5. The van der Waals surface area contributed by atoms with Crippen LogP contribution in [0.15, 0.2) is 72.8 Å². The maximum atomic E-state index is 14.5. The van der Waals surface area contributed by atoms with Crippen molar-refractivity contribution in [2.45, 2.75) is 78.5 Å². The Balaban J connectivity index is 2.06. The third kappa shape index (κ3) is 9.36. The number of benzene rings is 3. The molecule has 0 spiro atoms. The highest BCUT2D eigenvalue weighted by molar-refractivity contribution is 5.99. The molecule has 3 aromatic rings. The van der Waals surface area contributed by atoms with E-state index >= 15 is 0 Å². The number of anilines is 1. The van der Waals surface area contributed by atoms with Crippen LogP contribution in [0.1, 0.15) is 68.8 Å². The van der Waals surface area contributed by atoms with Crippen LogP contribution in [-0.2, 0) is 20.7 Å². The second-order valence-electron chi connectivity index (χ2n) is 11.6. The van der Waals surface area contributed by atoms with E-state index in [-0.39, 0.29) is 18.1 Å². The zero-order valence-electron chi connectivity index (χ0n) is 25.4. The number of amides is 3. The smallest absolute Gasteiger partial charge is 0.408 e. The van der Waals surface area contributed by atoms with Gasteiger partial charge in [0.1, 0.15) is 23.4 Å². The van der Waals surface area contributed by atoms with Crippen molar-refractivity contribution < 1.29 is 24.2 Å². The van der Waals surface area contributed by atoms with Gasteiger partial charge in [-0.15, -0.1) is 0 Å². The van der Waals surface area contributed by atoms with Crippen LogP contribution < -0.4 is 10.6 Å².